The number of sulfone groups is 1. The summed E-state index contributed by atoms with van der Waals surface area (Å²) in [4.78, 5) is 0.914. The first-order valence-corrected chi connectivity index (χ1v) is 6.19. The SMILES string of the molecule is O=S1(=O)C2=C(NC=CC2)c2ccccc21. The van der Waals surface area contributed by atoms with Gasteiger partial charge >= 0.3 is 0 Å². The largest absolute Gasteiger partial charge is 0.361 e. The summed E-state index contributed by atoms with van der Waals surface area (Å²) in [5.41, 5.74) is 1.53. The van der Waals surface area contributed by atoms with Crippen molar-refractivity contribution in [2.45, 2.75) is 11.3 Å². The van der Waals surface area contributed by atoms with E-state index in [2.05, 4.69) is 5.32 Å². The molecule has 1 aromatic carbocycles. The van der Waals surface area contributed by atoms with Crippen LogP contribution < -0.4 is 5.32 Å². The normalized spacial score (nSPS) is 20.8. The summed E-state index contributed by atoms with van der Waals surface area (Å²) in [6.45, 7) is 0. The summed E-state index contributed by atoms with van der Waals surface area (Å²) in [7, 11) is -3.24. The van der Waals surface area contributed by atoms with Crippen molar-refractivity contribution in [1.82, 2.24) is 5.32 Å². The number of dihydropyridines is 1. The molecule has 76 valence electrons. The van der Waals surface area contributed by atoms with Crippen LogP contribution in [0.1, 0.15) is 12.0 Å². The first-order chi connectivity index (χ1) is 7.21. The van der Waals surface area contributed by atoms with Gasteiger partial charge in [-0.3, -0.25) is 0 Å². The third kappa shape index (κ3) is 1.02. The summed E-state index contributed by atoms with van der Waals surface area (Å²) < 4.78 is 24.2. The number of allylic oxidation sites excluding steroid dienone is 2. The van der Waals surface area contributed by atoms with Crippen molar-refractivity contribution >= 4 is 15.5 Å². The zero-order valence-corrected chi connectivity index (χ0v) is 8.71. The van der Waals surface area contributed by atoms with Gasteiger partial charge < -0.3 is 5.32 Å². The van der Waals surface area contributed by atoms with Crippen molar-refractivity contribution in [2.75, 3.05) is 0 Å². The van der Waals surface area contributed by atoms with Gasteiger partial charge in [-0.1, -0.05) is 24.3 Å². The number of rotatable bonds is 0. The quantitative estimate of drug-likeness (QED) is 0.721. The Hall–Kier alpha value is -1.55. The number of hydrogen-bond acceptors (Lipinski definition) is 3. The topological polar surface area (TPSA) is 46.2 Å². The molecule has 3 nitrogen and oxygen atoms in total. The van der Waals surface area contributed by atoms with Crippen LogP contribution in [0.5, 0.6) is 0 Å². The van der Waals surface area contributed by atoms with Gasteiger partial charge in [0.1, 0.15) is 0 Å². The molecule has 2 aliphatic heterocycles. The molecule has 0 fully saturated rings. The molecule has 1 aromatic rings. The van der Waals surface area contributed by atoms with Gasteiger partial charge in [0, 0.05) is 12.0 Å². The molecule has 0 atom stereocenters. The molecule has 0 aliphatic carbocycles. The lowest BCUT2D eigenvalue weighted by molar-refractivity contribution is 0.602. The van der Waals surface area contributed by atoms with E-state index in [1.807, 2.05) is 18.2 Å². The molecule has 15 heavy (non-hydrogen) atoms. The Morgan fingerprint density at radius 3 is 2.87 bits per heavy atom. The van der Waals surface area contributed by atoms with E-state index >= 15 is 0 Å². The van der Waals surface area contributed by atoms with Crippen molar-refractivity contribution in [3.8, 4) is 0 Å². The Morgan fingerprint density at radius 1 is 1.20 bits per heavy atom. The Bertz CT molecular complexity index is 597. The predicted octanol–water partition coefficient (Wildman–Crippen LogP) is 1.65. The van der Waals surface area contributed by atoms with Crippen molar-refractivity contribution in [1.29, 1.82) is 0 Å². The zero-order valence-electron chi connectivity index (χ0n) is 7.90. The highest BCUT2D eigenvalue weighted by molar-refractivity contribution is 7.96. The lowest BCUT2D eigenvalue weighted by Crippen LogP contribution is -2.09. The lowest BCUT2D eigenvalue weighted by Gasteiger charge is -2.09. The highest BCUT2D eigenvalue weighted by Gasteiger charge is 2.35. The molecule has 0 bridgehead atoms. The first kappa shape index (κ1) is 8.73. The van der Waals surface area contributed by atoms with Crippen molar-refractivity contribution in [3.05, 3.63) is 47.0 Å². The van der Waals surface area contributed by atoms with Crippen LogP contribution in [0.4, 0.5) is 0 Å². The standard InChI is InChI=1S/C11H9NO2S/c13-15(14)9-5-2-1-4-8(9)11-10(15)6-3-7-12-11/h1-5,7,12H,6H2. The van der Waals surface area contributed by atoms with Gasteiger partial charge in [0.25, 0.3) is 0 Å². The van der Waals surface area contributed by atoms with Gasteiger partial charge in [0.2, 0.25) is 9.84 Å². The molecule has 0 aromatic heterocycles. The van der Waals surface area contributed by atoms with Crippen LogP contribution in [0.25, 0.3) is 5.70 Å². The molecule has 0 spiro atoms. The van der Waals surface area contributed by atoms with Gasteiger partial charge in [0.05, 0.1) is 15.5 Å². The average Bonchev–Trinajstić information content (AvgIpc) is 2.51. The summed E-state index contributed by atoms with van der Waals surface area (Å²) in [6.07, 6.45) is 4.10. The fourth-order valence-corrected chi connectivity index (χ4v) is 3.74. The Kier molecular flexibility index (Phi) is 1.59. The van der Waals surface area contributed by atoms with E-state index in [-0.39, 0.29) is 0 Å². The van der Waals surface area contributed by atoms with Crippen LogP contribution in [0.2, 0.25) is 0 Å². The van der Waals surface area contributed by atoms with Gasteiger partial charge in [0.15, 0.2) is 0 Å². The third-order valence-electron chi connectivity index (χ3n) is 2.70. The molecule has 3 rings (SSSR count). The van der Waals surface area contributed by atoms with E-state index in [1.54, 1.807) is 18.3 Å². The van der Waals surface area contributed by atoms with Crippen LogP contribution in [0.15, 0.2) is 46.3 Å². The first-order valence-electron chi connectivity index (χ1n) is 4.70. The second kappa shape index (κ2) is 2.73. The minimum Gasteiger partial charge on any atom is -0.361 e. The summed E-state index contributed by atoms with van der Waals surface area (Å²) in [6, 6.07) is 7.10. The maximum atomic E-state index is 12.1. The molecule has 0 saturated heterocycles. The monoisotopic (exact) mass is 219 g/mol. The van der Waals surface area contributed by atoms with Gasteiger partial charge in [-0.25, -0.2) is 8.42 Å². The van der Waals surface area contributed by atoms with E-state index in [9.17, 15) is 8.42 Å². The molecule has 0 unspecified atom stereocenters. The number of nitrogens with one attached hydrogen (secondary N) is 1. The summed E-state index contributed by atoms with van der Waals surface area (Å²) in [5.74, 6) is 0. The fraction of sp³-hybridized carbons (Fsp3) is 0.0909. The van der Waals surface area contributed by atoms with Crippen molar-refractivity contribution in [3.63, 3.8) is 0 Å². The smallest absolute Gasteiger partial charge is 0.205 e. The van der Waals surface area contributed by atoms with E-state index in [0.717, 1.165) is 11.3 Å². The predicted molar refractivity (Wildman–Crippen MR) is 57.4 cm³/mol. The van der Waals surface area contributed by atoms with Crippen LogP contribution in [-0.4, -0.2) is 8.42 Å². The number of benzene rings is 1. The second-order valence-corrected chi connectivity index (χ2v) is 5.49. The maximum Gasteiger partial charge on any atom is 0.205 e. The molecule has 0 saturated carbocycles. The van der Waals surface area contributed by atoms with E-state index in [1.165, 1.54) is 0 Å². The van der Waals surface area contributed by atoms with Crippen LogP contribution in [0.3, 0.4) is 0 Å². The lowest BCUT2D eigenvalue weighted by atomic mass is 10.1. The average molecular weight is 219 g/mol. The maximum absolute atomic E-state index is 12.1. The van der Waals surface area contributed by atoms with Crippen LogP contribution in [0, 0.1) is 0 Å². The van der Waals surface area contributed by atoms with Gasteiger partial charge in [-0.2, -0.15) is 0 Å². The molecule has 0 amide bonds. The Labute approximate surface area is 88.0 Å². The van der Waals surface area contributed by atoms with Crippen molar-refractivity contribution in [2.24, 2.45) is 0 Å². The molecular weight excluding hydrogens is 210 g/mol. The minimum absolute atomic E-state index is 0.422. The van der Waals surface area contributed by atoms with E-state index in [4.69, 9.17) is 0 Å². The second-order valence-electron chi connectivity index (χ2n) is 3.55. The highest BCUT2D eigenvalue weighted by atomic mass is 32.2. The van der Waals surface area contributed by atoms with E-state index in [0.29, 0.717) is 16.2 Å². The van der Waals surface area contributed by atoms with Crippen LogP contribution >= 0.6 is 0 Å². The van der Waals surface area contributed by atoms with Gasteiger partial charge in [-0.05, 0) is 12.3 Å². The Balaban J connectivity index is 2.35. The summed E-state index contributed by atoms with van der Waals surface area (Å²) >= 11 is 0. The third-order valence-corrected chi connectivity index (χ3v) is 4.65. The van der Waals surface area contributed by atoms with Gasteiger partial charge in [-0.15, -0.1) is 0 Å². The molecule has 1 N–H and O–H groups in total. The minimum atomic E-state index is -3.24. The summed E-state index contributed by atoms with van der Waals surface area (Å²) in [5, 5.41) is 3.01. The molecule has 4 heteroatoms. The van der Waals surface area contributed by atoms with Crippen molar-refractivity contribution < 1.29 is 8.42 Å². The zero-order chi connectivity index (χ0) is 10.5. The Morgan fingerprint density at radius 2 is 2.00 bits per heavy atom. The highest BCUT2D eigenvalue weighted by Crippen LogP contribution is 2.40. The molecule has 0 radical (unpaired) electrons. The number of hydrogen-bond donors (Lipinski definition) is 1. The molecular formula is C11H9NO2S. The fourth-order valence-electron chi connectivity index (χ4n) is 2.00. The number of fused-ring (bicyclic) bond motifs is 2. The molecule has 2 aliphatic rings. The van der Waals surface area contributed by atoms with E-state index < -0.39 is 9.84 Å². The molecule has 2 heterocycles. The van der Waals surface area contributed by atoms with Crippen LogP contribution in [-0.2, 0) is 9.84 Å².